The van der Waals surface area contributed by atoms with Gasteiger partial charge in [0, 0.05) is 61.6 Å². The molecule has 0 radical (unpaired) electrons. The van der Waals surface area contributed by atoms with Gasteiger partial charge in [-0.15, -0.1) is 0 Å². The van der Waals surface area contributed by atoms with Gasteiger partial charge >= 0.3 is 6.03 Å². The van der Waals surface area contributed by atoms with Gasteiger partial charge in [-0.05, 0) is 49.3 Å². The summed E-state index contributed by atoms with van der Waals surface area (Å²) >= 11 is 0. The van der Waals surface area contributed by atoms with Gasteiger partial charge in [-0.2, -0.15) is 0 Å². The Morgan fingerprint density at radius 3 is 2.88 bits per heavy atom. The maximum absolute atomic E-state index is 14.3. The van der Waals surface area contributed by atoms with Gasteiger partial charge in [0.15, 0.2) is 0 Å². The van der Waals surface area contributed by atoms with E-state index in [1.807, 2.05) is 0 Å². The molecule has 1 aromatic carbocycles. The van der Waals surface area contributed by atoms with Crippen LogP contribution in [0.5, 0.6) is 0 Å². The van der Waals surface area contributed by atoms with Crippen molar-refractivity contribution in [2.24, 2.45) is 10.4 Å². The number of benzene rings is 1. The zero-order valence-corrected chi connectivity index (χ0v) is 20.4. The predicted molar refractivity (Wildman–Crippen MR) is 138 cm³/mol. The first kappa shape index (κ1) is 24.0. The SMILES string of the molecule is CCCCCN(CC1(C)CC1)c1ccnc2c1CCN2C(=O)Nc1cc(F)c(N)c(C=NC)c1. The van der Waals surface area contributed by atoms with E-state index in [9.17, 15) is 9.18 Å². The average molecular weight is 467 g/mol. The van der Waals surface area contributed by atoms with Crippen molar-refractivity contribution in [1.29, 1.82) is 0 Å². The maximum atomic E-state index is 14.3. The summed E-state index contributed by atoms with van der Waals surface area (Å²) in [6.07, 6.45) is 10.1. The second-order valence-electron chi connectivity index (χ2n) is 9.75. The van der Waals surface area contributed by atoms with Crippen LogP contribution in [-0.4, -0.2) is 43.9 Å². The first-order valence-corrected chi connectivity index (χ1v) is 12.2. The van der Waals surface area contributed by atoms with E-state index in [2.05, 4.69) is 40.1 Å². The van der Waals surface area contributed by atoms with Crippen LogP contribution in [0.2, 0.25) is 0 Å². The molecule has 0 unspecified atom stereocenters. The molecule has 1 aliphatic heterocycles. The zero-order chi connectivity index (χ0) is 24.3. The largest absolute Gasteiger partial charge is 0.396 e. The molecule has 7 nitrogen and oxygen atoms in total. The lowest BCUT2D eigenvalue weighted by molar-refractivity contribution is 0.257. The van der Waals surface area contributed by atoms with Crippen LogP contribution in [0.4, 0.5) is 32.1 Å². The number of amides is 2. The van der Waals surface area contributed by atoms with Gasteiger partial charge in [0.05, 0.1) is 5.69 Å². The van der Waals surface area contributed by atoms with Gasteiger partial charge in [-0.3, -0.25) is 9.89 Å². The average Bonchev–Trinajstić information content (AvgIpc) is 3.37. The number of nitrogens with zero attached hydrogens (tertiary/aromatic N) is 4. The van der Waals surface area contributed by atoms with Gasteiger partial charge in [0.2, 0.25) is 0 Å². The Balaban J connectivity index is 1.56. The van der Waals surface area contributed by atoms with Crippen molar-refractivity contribution in [2.45, 2.75) is 52.4 Å². The normalized spacial score (nSPS) is 16.1. The molecule has 182 valence electrons. The summed E-state index contributed by atoms with van der Waals surface area (Å²) in [7, 11) is 1.59. The quantitative estimate of drug-likeness (QED) is 0.300. The van der Waals surface area contributed by atoms with Crippen molar-refractivity contribution in [3.63, 3.8) is 0 Å². The van der Waals surface area contributed by atoms with Crippen LogP contribution in [0.3, 0.4) is 0 Å². The van der Waals surface area contributed by atoms with Crippen molar-refractivity contribution in [2.75, 3.05) is 47.5 Å². The highest BCUT2D eigenvalue weighted by molar-refractivity contribution is 6.03. The number of nitrogen functional groups attached to an aromatic ring is 1. The number of unbranched alkanes of at least 4 members (excludes halogenated alkanes) is 2. The Hall–Kier alpha value is -3.16. The molecular formula is C26H35FN6O. The molecule has 4 rings (SSSR count). The number of hydrogen-bond acceptors (Lipinski definition) is 5. The summed E-state index contributed by atoms with van der Waals surface area (Å²) in [6, 6.07) is 4.60. The molecule has 34 heavy (non-hydrogen) atoms. The molecule has 0 bridgehead atoms. The topological polar surface area (TPSA) is 86.9 Å². The lowest BCUT2D eigenvalue weighted by atomic mass is 10.1. The van der Waals surface area contributed by atoms with E-state index < -0.39 is 5.82 Å². The summed E-state index contributed by atoms with van der Waals surface area (Å²) < 4.78 is 14.3. The molecule has 2 aliphatic rings. The molecule has 0 atom stereocenters. The minimum atomic E-state index is -0.591. The number of hydrogen-bond donors (Lipinski definition) is 2. The highest BCUT2D eigenvalue weighted by Gasteiger charge is 2.40. The summed E-state index contributed by atoms with van der Waals surface area (Å²) in [4.78, 5) is 25.8. The van der Waals surface area contributed by atoms with Gasteiger partial charge in [0.1, 0.15) is 11.6 Å². The fourth-order valence-electron chi connectivity index (χ4n) is 4.59. The fraction of sp³-hybridized carbons (Fsp3) is 0.500. The van der Waals surface area contributed by atoms with Crippen molar-refractivity contribution < 1.29 is 9.18 Å². The smallest absolute Gasteiger partial charge is 0.327 e. The Morgan fingerprint density at radius 2 is 2.18 bits per heavy atom. The number of carbonyl (C=O) groups excluding carboxylic acids is 1. The van der Waals surface area contributed by atoms with Gasteiger partial charge in [-0.25, -0.2) is 14.2 Å². The van der Waals surface area contributed by atoms with Gasteiger partial charge < -0.3 is 16.0 Å². The number of halogens is 1. The molecule has 8 heteroatoms. The number of aromatic nitrogens is 1. The van der Waals surface area contributed by atoms with E-state index in [4.69, 9.17) is 5.73 Å². The second-order valence-corrected chi connectivity index (χ2v) is 9.75. The van der Waals surface area contributed by atoms with Crippen LogP contribution in [0.15, 0.2) is 29.4 Å². The van der Waals surface area contributed by atoms with Crippen molar-refractivity contribution in [1.82, 2.24) is 4.98 Å². The molecular weight excluding hydrogens is 431 g/mol. The number of anilines is 4. The number of carbonyl (C=O) groups is 1. The highest BCUT2D eigenvalue weighted by Crippen LogP contribution is 2.47. The number of fused-ring (bicyclic) bond motifs is 1. The second kappa shape index (κ2) is 9.99. The maximum Gasteiger partial charge on any atom is 0.327 e. The van der Waals surface area contributed by atoms with Crippen LogP contribution in [0.25, 0.3) is 0 Å². The lowest BCUT2D eigenvalue weighted by Gasteiger charge is -2.30. The molecule has 1 fully saturated rings. The molecule has 2 aromatic rings. The zero-order valence-electron chi connectivity index (χ0n) is 20.4. The number of nitrogens with one attached hydrogen (secondary N) is 1. The van der Waals surface area contributed by atoms with Crippen molar-refractivity contribution >= 4 is 35.1 Å². The first-order valence-electron chi connectivity index (χ1n) is 12.2. The first-order chi connectivity index (χ1) is 16.3. The van der Waals surface area contributed by atoms with Gasteiger partial charge in [0.25, 0.3) is 0 Å². The monoisotopic (exact) mass is 466 g/mol. The standard InChI is InChI=1S/C26H35FN6O/c1-4-5-6-12-32(17-26(2)9-10-26)22-7-11-30-24-20(22)8-13-33(24)25(34)31-19-14-18(16-29-3)23(28)21(27)15-19/h7,11,14-16H,4-6,8-10,12-13,17,28H2,1-3H3,(H,31,34). The van der Waals surface area contributed by atoms with Crippen LogP contribution in [-0.2, 0) is 6.42 Å². The molecule has 3 N–H and O–H groups in total. The number of urea groups is 1. The summed E-state index contributed by atoms with van der Waals surface area (Å²) in [6.45, 7) is 7.15. The Bertz CT molecular complexity index is 1080. The van der Waals surface area contributed by atoms with Crippen molar-refractivity contribution in [3.05, 3.63) is 41.3 Å². The minimum absolute atomic E-state index is 0.00829. The Labute approximate surface area is 201 Å². The third-order valence-electron chi connectivity index (χ3n) is 6.82. The molecule has 1 aromatic heterocycles. The van der Waals surface area contributed by atoms with E-state index >= 15 is 0 Å². The number of rotatable bonds is 9. The van der Waals surface area contributed by atoms with E-state index in [1.165, 1.54) is 43.7 Å². The van der Waals surface area contributed by atoms with Crippen LogP contribution in [0.1, 0.15) is 57.1 Å². The number of aliphatic imine (C=N–C) groups is 1. The van der Waals surface area contributed by atoms with E-state index in [1.54, 1.807) is 24.2 Å². The third-order valence-corrected chi connectivity index (χ3v) is 6.82. The molecule has 2 amide bonds. The van der Waals surface area contributed by atoms with E-state index in [0.717, 1.165) is 31.5 Å². The molecule has 1 saturated carbocycles. The number of pyridine rings is 1. The Kier molecular flexibility index (Phi) is 7.05. The molecule has 2 heterocycles. The molecule has 0 saturated heterocycles. The third kappa shape index (κ3) is 5.16. The molecule has 0 spiro atoms. The van der Waals surface area contributed by atoms with Crippen LogP contribution in [0, 0.1) is 11.2 Å². The Morgan fingerprint density at radius 1 is 1.38 bits per heavy atom. The summed E-state index contributed by atoms with van der Waals surface area (Å²) in [5, 5.41) is 2.81. The van der Waals surface area contributed by atoms with Crippen LogP contribution < -0.4 is 20.9 Å². The predicted octanol–water partition coefficient (Wildman–Crippen LogP) is 5.24. The van der Waals surface area contributed by atoms with E-state index in [0.29, 0.717) is 29.0 Å². The van der Waals surface area contributed by atoms with Crippen LogP contribution >= 0.6 is 0 Å². The minimum Gasteiger partial charge on any atom is -0.396 e. The lowest BCUT2D eigenvalue weighted by Crippen LogP contribution is -2.34. The van der Waals surface area contributed by atoms with E-state index in [-0.39, 0.29) is 11.7 Å². The van der Waals surface area contributed by atoms with Crippen molar-refractivity contribution in [3.8, 4) is 0 Å². The summed E-state index contributed by atoms with van der Waals surface area (Å²) in [5.74, 6) is 0.0916. The summed E-state index contributed by atoms with van der Waals surface area (Å²) in [5.41, 5.74) is 9.24. The number of nitrogens with two attached hydrogens (primary N) is 1. The van der Waals surface area contributed by atoms with Gasteiger partial charge in [-0.1, -0.05) is 26.7 Å². The fourth-order valence-corrected chi connectivity index (χ4v) is 4.59. The molecule has 1 aliphatic carbocycles. The highest BCUT2D eigenvalue weighted by atomic mass is 19.1.